The van der Waals surface area contributed by atoms with Crippen molar-refractivity contribution in [1.82, 2.24) is 0 Å². The summed E-state index contributed by atoms with van der Waals surface area (Å²) in [5.41, 5.74) is 1.22. The zero-order valence-electron chi connectivity index (χ0n) is 10.1. The van der Waals surface area contributed by atoms with E-state index in [1.807, 2.05) is 18.2 Å². The third kappa shape index (κ3) is 2.67. The van der Waals surface area contributed by atoms with Crippen molar-refractivity contribution in [2.45, 2.75) is 5.75 Å². The molecule has 3 nitrogen and oxygen atoms in total. The van der Waals surface area contributed by atoms with Gasteiger partial charge in [0, 0.05) is 32.3 Å². The minimum Gasteiger partial charge on any atom is -0.373 e. The van der Waals surface area contributed by atoms with Gasteiger partial charge in [-0.25, -0.2) is 0 Å². The van der Waals surface area contributed by atoms with Crippen LogP contribution < -0.4 is 5.19 Å². The number of thioether (sulfide) groups is 1. The molecule has 16 heavy (non-hydrogen) atoms. The van der Waals surface area contributed by atoms with E-state index in [-0.39, 0.29) is 0 Å². The number of rotatable bonds is 6. The highest BCUT2D eigenvalue weighted by molar-refractivity contribution is 7.97. The Labute approximate surface area is 102 Å². The Morgan fingerprint density at radius 3 is 2.12 bits per heavy atom. The van der Waals surface area contributed by atoms with Crippen LogP contribution in [0.3, 0.4) is 0 Å². The zero-order chi connectivity index (χ0) is 12.0. The summed E-state index contributed by atoms with van der Waals surface area (Å²) < 4.78 is 16.5. The lowest BCUT2D eigenvalue weighted by atomic mass is 10.2. The molecule has 5 heteroatoms. The van der Waals surface area contributed by atoms with Crippen LogP contribution >= 0.6 is 11.8 Å². The highest BCUT2D eigenvalue weighted by Gasteiger charge is 2.42. The number of hydrogen-bond acceptors (Lipinski definition) is 4. The molecular weight excluding hydrogens is 240 g/mol. The van der Waals surface area contributed by atoms with Gasteiger partial charge in [-0.1, -0.05) is 24.3 Å². The summed E-state index contributed by atoms with van der Waals surface area (Å²) >= 11 is 1.77. The molecule has 1 aromatic rings. The molecule has 0 fully saturated rings. The van der Waals surface area contributed by atoms with Crippen molar-refractivity contribution in [1.29, 1.82) is 0 Å². The Morgan fingerprint density at radius 2 is 1.62 bits per heavy atom. The molecule has 0 bridgehead atoms. The quantitative estimate of drug-likeness (QED) is 0.725. The van der Waals surface area contributed by atoms with Crippen molar-refractivity contribution in [3.8, 4) is 0 Å². The minimum atomic E-state index is -2.69. The topological polar surface area (TPSA) is 27.7 Å². The fourth-order valence-corrected chi connectivity index (χ4v) is 4.40. The van der Waals surface area contributed by atoms with Gasteiger partial charge in [0.15, 0.2) is 0 Å². The smallest absolute Gasteiger partial charge is 0.373 e. The van der Waals surface area contributed by atoms with E-state index in [9.17, 15) is 0 Å². The second-order valence-corrected chi connectivity index (χ2v) is 7.00. The van der Waals surface area contributed by atoms with Crippen molar-refractivity contribution >= 4 is 25.8 Å². The maximum absolute atomic E-state index is 5.49. The Bertz CT molecular complexity index is 320. The van der Waals surface area contributed by atoms with E-state index in [4.69, 9.17) is 13.3 Å². The molecule has 1 rings (SSSR count). The molecule has 90 valence electrons. The number of hydrogen-bond donors (Lipinski definition) is 0. The summed E-state index contributed by atoms with van der Waals surface area (Å²) in [6.07, 6.45) is 2.08. The first-order chi connectivity index (χ1) is 7.74. The first-order valence-corrected chi connectivity index (χ1v) is 8.08. The Kier molecular flexibility index (Phi) is 5.50. The summed E-state index contributed by atoms with van der Waals surface area (Å²) in [5.74, 6) is 0.932. The monoisotopic (exact) mass is 258 g/mol. The molecule has 1 aromatic carbocycles. The van der Waals surface area contributed by atoms with E-state index in [2.05, 4.69) is 12.3 Å². The SMILES string of the molecule is CO[Si](OC)(OC)c1ccccc1CSC. The standard InChI is InChI=1S/C11H18O3SSi/c1-12-16(13-2,14-3)11-8-6-5-7-10(11)9-15-4/h5-8H,9H2,1-4H3. The summed E-state index contributed by atoms with van der Waals surface area (Å²) in [5, 5.41) is 1.05. The third-order valence-corrected chi connectivity index (χ3v) is 5.81. The molecule has 0 radical (unpaired) electrons. The van der Waals surface area contributed by atoms with E-state index in [0.717, 1.165) is 10.9 Å². The molecule has 0 aliphatic carbocycles. The minimum absolute atomic E-state index is 0.932. The Balaban J connectivity index is 3.17. The molecule has 0 aliphatic heterocycles. The Morgan fingerprint density at radius 1 is 1.06 bits per heavy atom. The second kappa shape index (κ2) is 6.41. The van der Waals surface area contributed by atoms with E-state index < -0.39 is 8.80 Å². The molecular formula is C11H18O3SSi. The van der Waals surface area contributed by atoms with Crippen LogP contribution in [0.5, 0.6) is 0 Å². The summed E-state index contributed by atoms with van der Waals surface area (Å²) in [6.45, 7) is 0. The average Bonchev–Trinajstić information content (AvgIpc) is 2.34. The van der Waals surface area contributed by atoms with Crippen molar-refractivity contribution < 1.29 is 13.3 Å². The first kappa shape index (κ1) is 13.7. The van der Waals surface area contributed by atoms with Gasteiger partial charge in [0.1, 0.15) is 0 Å². The molecule has 0 saturated heterocycles. The summed E-state index contributed by atoms with van der Waals surface area (Å²) in [4.78, 5) is 0. The number of benzene rings is 1. The molecule has 0 aliphatic rings. The van der Waals surface area contributed by atoms with E-state index >= 15 is 0 Å². The predicted molar refractivity (Wildman–Crippen MR) is 70.1 cm³/mol. The fourth-order valence-electron chi connectivity index (χ4n) is 1.68. The van der Waals surface area contributed by atoms with E-state index in [1.165, 1.54) is 5.56 Å². The van der Waals surface area contributed by atoms with Crippen LogP contribution in [-0.2, 0) is 19.0 Å². The van der Waals surface area contributed by atoms with Crippen molar-refractivity contribution in [3.63, 3.8) is 0 Å². The lowest BCUT2D eigenvalue weighted by molar-refractivity contribution is 0.140. The molecule has 0 unspecified atom stereocenters. The maximum atomic E-state index is 5.49. The van der Waals surface area contributed by atoms with Gasteiger partial charge in [-0.15, -0.1) is 0 Å². The molecule has 0 saturated carbocycles. The van der Waals surface area contributed by atoms with Crippen LogP contribution in [0, 0.1) is 0 Å². The largest absolute Gasteiger partial charge is 0.536 e. The maximum Gasteiger partial charge on any atom is 0.536 e. The van der Waals surface area contributed by atoms with Crippen molar-refractivity contribution in [3.05, 3.63) is 29.8 Å². The van der Waals surface area contributed by atoms with Crippen LogP contribution in [-0.4, -0.2) is 36.4 Å². The van der Waals surface area contributed by atoms with Gasteiger partial charge in [0.2, 0.25) is 0 Å². The highest BCUT2D eigenvalue weighted by atomic mass is 32.2. The molecule has 0 N–H and O–H groups in total. The van der Waals surface area contributed by atoms with Crippen molar-refractivity contribution in [2.24, 2.45) is 0 Å². The fraction of sp³-hybridized carbons (Fsp3) is 0.455. The van der Waals surface area contributed by atoms with Gasteiger partial charge in [-0.05, 0) is 11.8 Å². The molecule has 0 aromatic heterocycles. The van der Waals surface area contributed by atoms with E-state index in [0.29, 0.717) is 0 Å². The Hall–Kier alpha value is -0.333. The second-order valence-electron chi connectivity index (χ2n) is 3.26. The first-order valence-electron chi connectivity index (χ1n) is 4.96. The van der Waals surface area contributed by atoms with Gasteiger partial charge in [0.25, 0.3) is 0 Å². The molecule has 0 heterocycles. The van der Waals surface area contributed by atoms with Crippen LogP contribution in [0.4, 0.5) is 0 Å². The molecule has 0 amide bonds. The van der Waals surface area contributed by atoms with Crippen molar-refractivity contribution in [2.75, 3.05) is 27.6 Å². The third-order valence-electron chi connectivity index (χ3n) is 2.45. The van der Waals surface area contributed by atoms with E-state index in [1.54, 1.807) is 33.1 Å². The van der Waals surface area contributed by atoms with Gasteiger partial charge in [-0.2, -0.15) is 11.8 Å². The molecule has 0 spiro atoms. The lowest BCUT2D eigenvalue weighted by Crippen LogP contribution is -2.55. The van der Waals surface area contributed by atoms with Crippen LogP contribution in [0.25, 0.3) is 0 Å². The van der Waals surface area contributed by atoms with Crippen LogP contribution in [0.15, 0.2) is 24.3 Å². The van der Waals surface area contributed by atoms with Gasteiger partial charge < -0.3 is 13.3 Å². The van der Waals surface area contributed by atoms with Gasteiger partial charge >= 0.3 is 8.80 Å². The van der Waals surface area contributed by atoms with Gasteiger partial charge in [0.05, 0.1) is 0 Å². The summed E-state index contributed by atoms with van der Waals surface area (Å²) in [7, 11) is 2.21. The molecule has 0 atom stereocenters. The summed E-state index contributed by atoms with van der Waals surface area (Å²) in [6, 6.07) is 8.12. The van der Waals surface area contributed by atoms with Crippen LogP contribution in [0.2, 0.25) is 0 Å². The normalized spacial score (nSPS) is 11.8. The average molecular weight is 258 g/mol. The highest BCUT2D eigenvalue weighted by Crippen LogP contribution is 2.14. The lowest BCUT2D eigenvalue weighted by Gasteiger charge is -2.26. The van der Waals surface area contributed by atoms with Crippen LogP contribution in [0.1, 0.15) is 5.56 Å². The predicted octanol–water partition coefficient (Wildman–Crippen LogP) is 1.63. The van der Waals surface area contributed by atoms with Gasteiger partial charge in [-0.3, -0.25) is 0 Å². The zero-order valence-corrected chi connectivity index (χ0v) is 12.0.